The number of hydrogen-bond donors (Lipinski definition) is 0. The minimum atomic E-state index is -0.243. The first-order chi connectivity index (χ1) is 13.3. The fraction of sp³-hybridized carbons (Fsp3) is 0.391. The van der Waals surface area contributed by atoms with Gasteiger partial charge in [0.15, 0.2) is 11.6 Å². The van der Waals surface area contributed by atoms with Gasteiger partial charge in [-0.25, -0.2) is 0 Å². The van der Waals surface area contributed by atoms with Crippen LogP contribution >= 0.6 is 11.8 Å². The van der Waals surface area contributed by atoms with Crippen molar-refractivity contribution in [1.29, 1.82) is 0 Å². The molecular formula is C23H28O4S. The highest BCUT2D eigenvalue weighted by Crippen LogP contribution is 2.45. The summed E-state index contributed by atoms with van der Waals surface area (Å²) in [5, 5.41) is 0.0669. The largest absolute Gasteiger partial charge is 0.496 e. The van der Waals surface area contributed by atoms with Gasteiger partial charge in [0, 0.05) is 10.8 Å². The molecule has 5 heteroatoms. The SMILES string of the molecule is C=C(C)CCSC(CC=C(C)C)c1cc(OC)c2c(c1OC)C(=O)C=CC2=O. The molecule has 1 aromatic carbocycles. The van der Waals surface area contributed by atoms with Gasteiger partial charge in [0.05, 0.1) is 25.3 Å². The molecule has 4 nitrogen and oxygen atoms in total. The van der Waals surface area contributed by atoms with Crippen LogP contribution in [-0.2, 0) is 0 Å². The molecular weight excluding hydrogens is 372 g/mol. The minimum Gasteiger partial charge on any atom is -0.496 e. The molecule has 1 atom stereocenters. The molecule has 150 valence electrons. The van der Waals surface area contributed by atoms with Crippen LogP contribution in [0.1, 0.15) is 65.1 Å². The Kier molecular flexibility index (Phi) is 7.69. The maximum atomic E-state index is 12.6. The molecule has 0 heterocycles. The molecule has 0 fully saturated rings. The van der Waals surface area contributed by atoms with E-state index < -0.39 is 0 Å². The summed E-state index contributed by atoms with van der Waals surface area (Å²) in [5.41, 5.74) is 3.81. The Morgan fingerprint density at radius 2 is 1.75 bits per heavy atom. The van der Waals surface area contributed by atoms with Crippen molar-refractivity contribution in [2.75, 3.05) is 20.0 Å². The topological polar surface area (TPSA) is 52.6 Å². The lowest BCUT2D eigenvalue weighted by Gasteiger charge is -2.24. The van der Waals surface area contributed by atoms with Crippen molar-refractivity contribution in [2.24, 2.45) is 0 Å². The number of rotatable bonds is 9. The Bertz CT molecular complexity index is 845. The number of allylic oxidation sites excluding steroid dienone is 5. The summed E-state index contributed by atoms with van der Waals surface area (Å²) >= 11 is 1.79. The van der Waals surface area contributed by atoms with E-state index >= 15 is 0 Å². The number of ketones is 2. The van der Waals surface area contributed by atoms with Gasteiger partial charge in [0.1, 0.15) is 11.5 Å². The highest BCUT2D eigenvalue weighted by Gasteiger charge is 2.31. The van der Waals surface area contributed by atoms with Gasteiger partial charge in [-0.15, -0.1) is 6.58 Å². The lowest BCUT2D eigenvalue weighted by Crippen LogP contribution is -2.16. The molecule has 0 aromatic heterocycles. The average molecular weight is 401 g/mol. The van der Waals surface area contributed by atoms with E-state index in [1.807, 2.05) is 13.0 Å². The molecule has 1 aliphatic rings. The zero-order valence-corrected chi connectivity index (χ0v) is 18.1. The maximum Gasteiger partial charge on any atom is 0.190 e. The molecule has 1 aromatic rings. The fourth-order valence-electron chi connectivity index (χ4n) is 3.08. The van der Waals surface area contributed by atoms with Gasteiger partial charge in [-0.1, -0.05) is 17.2 Å². The number of carbonyl (C=O) groups excluding carboxylic acids is 2. The molecule has 2 rings (SSSR count). The normalized spacial score (nSPS) is 13.8. The number of hydrogen-bond acceptors (Lipinski definition) is 5. The summed E-state index contributed by atoms with van der Waals surface area (Å²) in [4.78, 5) is 25.0. The highest BCUT2D eigenvalue weighted by atomic mass is 32.2. The Hall–Kier alpha value is -2.27. The molecule has 0 saturated carbocycles. The zero-order valence-electron chi connectivity index (χ0n) is 17.3. The molecule has 1 unspecified atom stereocenters. The summed E-state index contributed by atoms with van der Waals surface area (Å²) < 4.78 is 11.2. The van der Waals surface area contributed by atoms with E-state index in [0.29, 0.717) is 17.1 Å². The van der Waals surface area contributed by atoms with Crippen molar-refractivity contribution in [2.45, 2.75) is 38.9 Å². The molecule has 28 heavy (non-hydrogen) atoms. The third kappa shape index (κ3) is 4.96. The third-order valence-electron chi connectivity index (χ3n) is 4.51. The van der Waals surface area contributed by atoms with E-state index in [9.17, 15) is 9.59 Å². The lowest BCUT2D eigenvalue weighted by atomic mass is 9.89. The number of carbonyl (C=O) groups is 2. The average Bonchev–Trinajstić information content (AvgIpc) is 2.65. The predicted octanol–water partition coefficient (Wildman–Crippen LogP) is 5.74. The summed E-state index contributed by atoms with van der Waals surface area (Å²) in [7, 11) is 3.06. The van der Waals surface area contributed by atoms with Gasteiger partial charge >= 0.3 is 0 Å². The fourth-order valence-corrected chi connectivity index (χ4v) is 4.42. The van der Waals surface area contributed by atoms with Crippen LogP contribution in [0.5, 0.6) is 11.5 Å². The molecule has 0 aliphatic heterocycles. The first-order valence-corrected chi connectivity index (χ1v) is 10.3. The first kappa shape index (κ1) is 22.0. The highest BCUT2D eigenvalue weighted by molar-refractivity contribution is 7.99. The first-order valence-electron chi connectivity index (χ1n) is 9.25. The van der Waals surface area contributed by atoms with E-state index in [4.69, 9.17) is 9.47 Å². The monoisotopic (exact) mass is 400 g/mol. The van der Waals surface area contributed by atoms with Gasteiger partial charge in [0.25, 0.3) is 0 Å². The van der Waals surface area contributed by atoms with Crippen LogP contribution in [0.4, 0.5) is 0 Å². The molecule has 0 radical (unpaired) electrons. The van der Waals surface area contributed by atoms with E-state index in [-0.39, 0.29) is 22.4 Å². The van der Waals surface area contributed by atoms with E-state index in [1.54, 1.807) is 11.8 Å². The second-order valence-electron chi connectivity index (χ2n) is 7.10. The Morgan fingerprint density at radius 3 is 2.29 bits per heavy atom. The number of thioether (sulfide) groups is 1. The van der Waals surface area contributed by atoms with Crippen LogP contribution in [0, 0.1) is 0 Å². The van der Waals surface area contributed by atoms with Crippen molar-refractivity contribution in [3.8, 4) is 11.5 Å². The number of methoxy groups -OCH3 is 2. The van der Waals surface area contributed by atoms with Gasteiger partial charge in [-0.05, 0) is 57.6 Å². The van der Waals surface area contributed by atoms with Crippen LogP contribution in [0.25, 0.3) is 0 Å². The van der Waals surface area contributed by atoms with Crippen molar-refractivity contribution in [3.63, 3.8) is 0 Å². The molecule has 0 spiro atoms. The van der Waals surface area contributed by atoms with Gasteiger partial charge in [-0.3, -0.25) is 9.59 Å². The van der Waals surface area contributed by atoms with Crippen molar-refractivity contribution < 1.29 is 19.1 Å². The van der Waals surface area contributed by atoms with Crippen LogP contribution in [0.15, 0.2) is 42.0 Å². The maximum absolute atomic E-state index is 12.6. The van der Waals surface area contributed by atoms with Crippen LogP contribution in [0.2, 0.25) is 0 Å². The van der Waals surface area contributed by atoms with Gasteiger partial charge < -0.3 is 9.47 Å². The molecule has 0 N–H and O–H groups in total. The molecule has 0 amide bonds. The number of benzene rings is 1. The lowest BCUT2D eigenvalue weighted by molar-refractivity contribution is 0.0988. The number of ether oxygens (including phenoxy) is 2. The van der Waals surface area contributed by atoms with Crippen molar-refractivity contribution in [3.05, 3.63) is 58.7 Å². The third-order valence-corrected chi connectivity index (χ3v) is 5.80. The Labute approximate surface area is 171 Å². The molecule has 0 bridgehead atoms. The summed E-state index contributed by atoms with van der Waals surface area (Å²) in [6.45, 7) is 10.1. The van der Waals surface area contributed by atoms with Gasteiger partial charge in [-0.2, -0.15) is 11.8 Å². The minimum absolute atomic E-state index is 0.0669. The smallest absolute Gasteiger partial charge is 0.190 e. The zero-order chi connectivity index (χ0) is 20.8. The standard InChI is InChI=1S/C23H28O4S/c1-14(2)7-10-20(28-12-11-15(3)4)16-13-19(26-5)21-17(24)8-9-18(25)22(21)23(16)27-6/h7-9,13,20H,3,10-12H2,1-2,4-6H3. The van der Waals surface area contributed by atoms with E-state index in [2.05, 4.69) is 26.5 Å². The summed E-state index contributed by atoms with van der Waals surface area (Å²) in [6.07, 6.45) is 6.47. The Morgan fingerprint density at radius 1 is 1.11 bits per heavy atom. The van der Waals surface area contributed by atoms with Crippen molar-refractivity contribution in [1.82, 2.24) is 0 Å². The summed E-state index contributed by atoms with van der Waals surface area (Å²) in [6, 6.07) is 1.85. The quantitative estimate of drug-likeness (QED) is 0.495. The van der Waals surface area contributed by atoms with E-state index in [0.717, 1.165) is 29.7 Å². The molecule has 0 saturated heterocycles. The Balaban J connectivity index is 2.60. The van der Waals surface area contributed by atoms with Crippen molar-refractivity contribution >= 4 is 23.3 Å². The predicted molar refractivity (Wildman–Crippen MR) is 116 cm³/mol. The second-order valence-corrected chi connectivity index (χ2v) is 8.41. The summed E-state index contributed by atoms with van der Waals surface area (Å²) in [5.74, 6) is 1.31. The van der Waals surface area contributed by atoms with Gasteiger partial charge in [0.2, 0.25) is 0 Å². The van der Waals surface area contributed by atoms with Crippen LogP contribution in [0.3, 0.4) is 0 Å². The number of fused-ring (bicyclic) bond motifs is 1. The van der Waals surface area contributed by atoms with Crippen LogP contribution in [-0.4, -0.2) is 31.5 Å². The van der Waals surface area contributed by atoms with Crippen LogP contribution < -0.4 is 9.47 Å². The molecule has 1 aliphatic carbocycles. The van der Waals surface area contributed by atoms with E-state index in [1.165, 1.54) is 31.9 Å². The second kappa shape index (κ2) is 9.78.